The Labute approximate surface area is 146 Å². The van der Waals surface area contributed by atoms with E-state index in [1.807, 2.05) is 24.4 Å². The summed E-state index contributed by atoms with van der Waals surface area (Å²) >= 11 is 6.04. The molecule has 2 aromatic rings. The third kappa shape index (κ3) is 4.85. The van der Waals surface area contributed by atoms with Crippen molar-refractivity contribution in [2.45, 2.75) is 18.9 Å². The number of aromatic amines is 1. The molecule has 1 aliphatic heterocycles. The van der Waals surface area contributed by atoms with Crippen LogP contribution in [-0.2, 0) is 16.0 Å². The fourth-order valence-corrected chi connectivity index (χ4v) is 2.91. The molecule has 7 heteroatoms. The first-order valence-corrected chi connectivity index (χ1v) is 7.93. The van der Waals surface area contributed by atoms with Crippen LogP contribution >= 0.6 is 24.0 Å². The van der Waals surface area contributed by atoms with Gasteiger partial charge in [0, 0.05) is 47.7 Å². The summed E-state index contributed by atoms with van der Waals surface area (Å²) in [6, 6.07) is 5.91. The maximum Gasteiger partial charge on any atom is 0.221 e. The van der Waals surface area contributed by atoms with Crippen LogP contribution in [0.25, 0.3) is 10.9 Å². The lowest BCUT2D eigenvalue weighted by Gasteiger charge is -2.23. The molecule has 0 spiro atoms. The molecule has 1 atom stereocenters. The molecule has 5 nitrogen and oxygen atoms in total. The van der Waals surface area contributed by atoms with E-state index < -0.39 is 0 Å². The van der Waals surface area contributed by atoms with E-state index in [2.05, 4.69) is 15.6 Å². The van der Waals surface area contributed by atoms with Gasteiger partial charge in [0.1, 0.15) is 0 Å². The van der Waals surface area contributed by atoms with Gasteiger partial charge in [-0.3, -0.25) is 4.79 Å². The normalized spacial score (nSPS) is 17.7. The average molecular weight is 358 g/mol. The maximum absolute atomic E-state index is 11.9. The van der Waals surface area contributed by atoms with Crippen molar-refractivity contribution in [2.75, 3.05) is 26.3 Å². The molecule has 1 amide bonds. The second-order valence-corrected chi connectivity index (χ2v) is 5.97. The van der Waals surface area contributed by atoms with Crippen molar-refractivity contribution in [3.8, 4) is 0 Å². The highest BCUT2D eigenvalue weighted by molar-refractivity contribution is 6.31. The van der Waals surface area contributed by atoms with Gasteiger partial charge in [-0.2, -0.15) is 0 Å². The molecule has 1 aliphatic rings. The number of morpholine rings is 1. The molecule has 1 aromatic carbocycles. The van der Waals surface area contributed by atoms with Gasteiger partial charge in [0.25, 0.3) is 0 Å². The lowest BCUT2D eigenvalue weighted by atomic mass is 10.1. The number of hydrogen-bond acceptors (Lipinski definition) is 3. The number of fused-ring (bicyclic) bond motifs is 1. The van der Waals surface area contributed by atoms with Crippen molar-refractivity contribution in [1.82, 2.24) is 15.6 Å². The maximum atomic E-state index is 11.9. The van der Waals surface area contributed by atoms with Gasteiger partial charge in [-0.15, -0.1) is 12.4 Å². The Balaban J connectivity index is 0.00000192. The van der Waals surface area contributed by atoms with Crippen molar-refractivity contribution in [3.63, 3.8) is 0 Å². The molecule has 3 N–H and O–H groups in total. The number of halogens is 2. The molecule has 2 heterocycles. The standard InChI is InChI=1S/C16H20ClN3O2.ClH/c17-12-1-2-15-14(7-12)11(9-20-15)3-4-19-16(21)8-13-10-22-6-5-18-13;/h1-2,7,9,13,18,20H,3-6,8,10H2,(H,19,21);1H. The molecular weight excluding hydrogens is 337 g/mol. The number of carbonyl (C=O) groups excluding carboxylic acids is 1. The Morgan fingerprint density at radius 2 is 2.30 bits per heavy atom. The lowest BCUT2D eigenvalue weighted by Crippen LogP contribution is -2.44. The summed E-state index contributed by atoms with van der Waals surface area (Å²) in [4.78, 5) is 15.1. The minimum absolute atomic E-state index is 0. The fourth-order valence-electron chi connectivity index (χ4n) is 2.74. The van der Waals surface area contributed by atoms with Gasteiger partial charge in [0.15, 0.2) is 0 Å². The largest absolute Gasteiger partial charge is 0.378 e. The van der Waals surface area contributed by atoms with Gasteiger partial charge < -0.3 is 20.4 Å². The quantitative estimate of drug-likeness (QED) is 0.768. The van der Waals surface area contributed by atoms with Gasteiger partial charge in [-0.1, -0.05) is 11.6 Å². The predicted molar refractivity (Wildman–Crippen MR) is 94.5 cm³/mol. The molecule has 0 bridgehead atoms. The number of aromatic nitrogens is 1. The second kappa shape index (κ2) is 8.55. The van der Waals surface area contributed by atoms with Crippen LogP contribution in [-0.4, -0.2) is 43.2 Å². The number of ether oxygens (including phenoxy) is 1. The molecule has 3 rings (SSSR count). The Kier molecular flexibility index (Phi) is 6.72. The van der Waals surface area contributed by atoms with E-state index in [4.69, 9.17) is 16.3 Å². The first-order chi connectivity index (χ1) is 10.7. The predicted octanol–water partition coefficient (Wildman–Crippen LogP) is 2.28. The number of H-pyrrole nitrogens is 1. The zero-order valence-electron chi connectivity index (χ0n) is 12.7. The van der Waals surface area contributed by atoms with Crippen molar-refractivity contribution < 1.29 is 9.53 Å². The van der Waals surface area contributed by atoms with Gasteiger partial charge in [-0.25, -0.2) is 0 Å². The Hall–Kier alpha value is -1.27. The van der Waals surface area contributed by atoms with Gasteiger partial charge in [0.05, 0.1) is 13.2 Å². The van der Waals surface area contributed by atoms with Gasteiger partial charge in [-0.05, 0) is 30.2 Å². The summed E-state index contributed by atoms with van der Waals surface area (Å²) in [5, 5.41) is 8.08. The SMILES string of the molecule is Cl.O=C(CC1COCCN1)NCCc1c[nH]c2ccc(Cl)cc12. The van der Waals surface area contributed by atoms with Crippen LogP contribution in [0.15, 0.2) is 24.4 Å². The molecule has 0 radical (unpaired) electrons. The van der Waals surface area contributed by atoms with Crippen LogP contribution < -0.4 is 10.6 Å². The summed E-state index contributed by atoms with van der Waals surface area (Å²) in [5.74, 6) is 0.0564. The molecule has 1 aromatic heterocycles. The van der Waals surface area contributed by atoms with E-state index in [1.54, 1.807) is 0 Å². The van der Waals surface area contributed by atoms with Crippen LogP contribution in [0.3, 0.4) is 0 Å². The van der Waals surface area contributed by atoms with E-state index in [9.17, 15) is 4.79 Å². The minimum atomic E-state index is 0. The first-order valence-electron chi connectivity index (χ1n) is 7.56. The Bertz CT molecular complexity index is 654. The average Bonchev–Trinajstić information content (AvgIpc) is 2.91. The number of hydrogen-bond donors (Lipinski definition) is 3. The molecule has 1 unspecified atom stereocenters. The van der Waals surface area contributed by atoms with Gasteiger partial charge in [0.2, 0.25) is 5.91 Å². The third-order valence-electron chi connectivity index (χ3n) is 3.88. The Morgan fingerprint density at radius 3 is 3.09 bits per heavy atom. The topological polar surface area (TPSA) is 66.2 Å². The van der Waals surface area contributed by atoms with Crippen molar-refractivity contribution in [3.05, 3.63) is 35.0 Å². The van der Waals surface area contributed by atoms with E-state index in [0.717, 1.165) is 41.1 Å². The van der Waals surface area contributed by atoms with Crippen molar-refractivity contribution >= 4 is 40.8 Å². The molecule has 23 heavy (non-hydrogen) atoms. The molecule has 1 saturated heterocycles. The smallest absolute Gasteiger partial charge is 0.221 e. The summed E-state index contributed by atoms with van der Waals surface area (Å²) in [7, 11) is 0. The number of carbonyl (C=O) groups is 1. The minimum Gasteiger partial charge on any atom is -0.378 e. The molecule has 126 valence electrons. The fraction of sp³-hybridized carbons (Fsp3) is 0.438. The zero-order valence-corrected chi connectivity index (χ0v) is 14.3. The molecule has 0 saturated carbocycles. The highest BCUT2D eigenvalue weighted by Crippen LogP contribution is 2.22. The van der Waals surface area contributed by atoms with Crippen molar-refractivity contribution in [2.24, 2.45) is 0 Å². The van der Waals surface area contributed by atoms with Crippen molar-refractivity contribution in [1.29, 1.82) is 0 Å². The summed E-state index contributed by atoms with van der Waals surface area (Å²) in [5.41, 5.74) is 2.23. The number of nitrogens with one attached hydrogen (secondary N) is 3. The van der Waals surface area contributed by atoms with Gasteiger partial charge >= 0.3 is 0 Å². The van der Waals surface area contributed by atoms with E-state index in [0.29, 0.717) is 19.6 Å². The van der Waals surface area contributed by atoms with Crippen LogP contribution in [0.5, 0.6) is 0 Å². The highest BCUT2D eigenvalue weighted by Gasteiger charge is 2.16. The monoisotopic (exact) mass is 357 g/mol. The van der Waals surface area contributed by atoms with Crippen LogP contribution in [0.2, 0.25) is 5.02 Å². The molecule has 0 aliphatic carbocycles. The second-order valence-electron chi connectivity index (χ2n) is 5.53. The van der Waals surface area contributed by atoms with Crippen LogP contribution in [0.4, 0.5) is 0 Å². The number of benzene rings is 1. The summed E-state index contributed by atoms with van der Waals surface area (Å²) < 4.78 is 5.35. The number of rotatable bonds is 5. The zero-order chi connectivity index (χ0) is 15.4. The lowest BCUT2D eigenvalue weighted by molar-refractivity contribution is -0.122. The highest BCUT2D eigenvalue weighted by atomic mass is 35.5. The molecular formula is C16H21Cl2N3O2. The van der Waals surface area contributed by atoms with E-state index in [-0.39, 0.29) is 24.4 Å². The third-order valence-corrected chi connectivity index (χ3v) is 4.11. The summed E-state index contributed by atoms with van der Waals surface area (Å²) in [6.45, 7) is 2.76. The first kappa shape index (κ1) is 18.1. The number of amides is 1. The van der Waals surface area contributed by atoms with E-state index >= 15 is 0 Å². The van der Waals surface area contributed by atoms with E-state index in [1.165, 1.54) is 0 Å². The van der Waals surface area contributed by atoms with Crippen LogP contribution in [0.1, 0.15) is 12.0 Å². The summed E-state index contributed by atoms with van der Waals surface area (Å²) in [6.07, 6.45) is 3.21. The Morgan fingerprint density at radius 1 is 1.43 bits per heavy atom. The van der Waals surface area contributed by atoms with Crippen LogP contribution in [0, 0.1) is 0 Å². The molecule has 1 fully saturated rings.